The Kier molecular flexibility index (Phi) is 3.33. The molecule has 0 aromatic rings. The van der Waals surface area contributed by atoms with Crippen LogP contribution in [-0.2, 0) is 14.7 Å². The molecule has 0 radical (unpaired) electrons. The quantitative estimate of drug-likeness (QED) is 0.568. The van der Waals surface area contributed by atoms with Gasteiger partial charge in [0, 0.05) is 0 Å². The lowest BCUT2D eigenvalue weighted by atomic mass is 10.7. The van der Waals surface area contributed by atoms with Gasteiger partial charge < -0.3 is 0 Å². The van der Waals surface area contributed by atoms with Gasteiger partial charge in [0.25, 0.3) is 0 Å². The minimum absolute atomic E-state index is 0.0607. The Hall–Kier alpha value is -0.490. The second-order valence-electron chi connectivity index (χ2n) is 1.04. The summed E-state index contributed by atoms with van der Waals surface area (Å²) >= 11 is 0. The van der Waals surface area contributed by atoms with Crippen molar-refractivity contribution in [2.45, 2.75) is 0 Å². The van der Waals surface area contributed by atoms with E-state index in [0.29, 0.717) is 0 Å². The third-order valence-electron chi connectivity index (χ3n) is 0.394. The van der Waals surface area contributed by atoms with E-state index in [0.717, 1.165) is 6.08 Å². The lowest BCUT2D eigenvalue weighted by Crippen LogP contribution is -1.96. The summed E-state index contributed by atoms with van der Waals surface area (Å²) in [6, 6.07) is 0. The molecule has 3 nitrogen and oxygen atoms in total. The molecule has 6 heteroatoms. The molecular formula is C3H4F2O3S. The molecule has 0 aliphatic carbocycles. The number of hydrogen-bond donors (Lipinski definition) is 0. The van der Waals surface area contributed by atoms with Gasteiger partial charge in [-0.15, -0.1) is 0 Å². The van der Waals surface area contributed by atoms with Crippen LogP contribution in [-0.4, -0.2) is 15.0 Å². The van der Waals surface area contributed by atoms with Gasteiger partial charge in [-0.3, -0.25) is 0 Å². The van der Waals surface area contributed by atoms with Crippen LogP contribution >= 0.6 is 0 Å². The molecule has 0 amide bonds. The van der Waals surface area contributed by atoms with E-state index in [1.165, 1.54) is 0 Å². The highest BCUT2D eigenvalue weighted by molar-refractivity contribution is 7.81. The molecule has 0 aliphatic rings. The van der Waals surface area contributed by atoms with Crippen LogP contribution in [0.5, 0.6) is 0 Å². The largest absolute Gasteiger partial charge is 0.437 e. The molecule has 9 heavy (non-hydrogen) atoms. The zero-order valence-electron chi connectivity index (χ0n) is 4.25. The van der Waals surface area contributed by atoms with Crippen LogP contribution in [0.15, 0.2) is 12.4 Å². The predicted molar refractivity (Wildman–Crippen MR) is 26.2 cm³/mol. The summed E-state index contributed by atoms with van der Waals surface area (Å²) < 4.78 is 44.7. The Morgan fingerprint density at radius 2 is 2.11 bits per heavy atom. The first-order valence-electron chi connectivity index (χ1n) is 1.90. The Labute approximate surface area is 51.4 Å². The SMILES string of the molecule is O=S(=O)(F)OCC=CF. The van der Waals surface area contributed by atoms with Crippen LogP contribution in [0, 0.1) is 0 Å². The Balaban J connectivity index is 3.53. The third-order valence-corrected chi connectivity index (χ3v) is 0.812. The van der Waals surface area contributed by atoms with Crippen LogP contribution in [0.2, 0.25) is 0 Å². The maximum Gasteiger partial charge on any atom is 0.437 e. The van der Waals surface area contributed by atoms with Gasteiger partial charge in [-0.2, -0.15) is 8.42 Å². The average Bonchev–Trinajstić information content (AvgIpc) is 1.63. The van der Waals surface area contributed by atoms with Crippen molar-refractivity contribution in [1.29, 1.82) is 0 Å². The zero-order valence-corrected chi connectivity index (χ0v) is 5.07. The van der Waals surface area contributed by atoms with Crippen molar-refractivity contribution >= 4 is 10.5 Å². The van der Waals surface area contributed by atoms with Gasteiger partial charge in [0.2, 0.25) is 0 Å². The first-order valence-corrected chi connectivity index (χ1v) is 3.21. The van der Waals surface area contributed by atoms with E-state index in [1.807, 2.05) is 0 Å². The second-order valence-corrected chi connectivity index (χ2v) is 2.06. The van der Waals surface area contributed by atoms with Gasteiger partial charge in [-0.25, -0.2) is 8.57 Å². The lowest BCUT2D eigenvalue weighted by molar-refractivity contribution is 0.326. The minimum atomic E-state index is -4.91. The zero-order chi connectivity index (χ0) is 7.33. The Morgan fingerprint density at radius 3 is 2.44 bits per heavy atom. The van der Waals surface area contributed by atoms with E-state index in [2.05, 4.69) is 4.18 Å². The molecule has 54 valence electrons. The summed E-state index contributed by atoms with van der Waals surface area (Å²) in [7, 11) is -4.91. The van der Waals surface area contributed by atoms with E-state index in [4.69, 9.17) is 0 Å². The van der Waals surface area contributed by atoms with Crippen LogP contribution in [0.4, 0.5) is 8.28 Å². The standard InChI is InChI=1S/C3H4F2O3S/c4-2-1-3-8-9(5,6)7/h1-2H,3H2. The minimum Gasteiger partial charge on any atom is -0.240 e. The predicted octanol–water partition coefficient (Wildman–Crippen LogP) is 0.701. The van der Waals surface area contributed by atoms with Crippen molar-refractivity contribution in [3.05, 3.63) is 12.4 Å². The van der Waals surface area contributed by atoms with Gasteiger partial charge in [0.05, 0.1) is 12.9 Å². The second kappa shape index (κ2) is 3.52. The summed E-state index contributed by atoms with van der Waals surface area (Å²) in [4.78, 5) is 0. The first kappa shape index (κ1) is 8.51. The molecule has 0 N–H and O–H groups in total. The van der Waals surface area contributed by atoms with Crippen molar-refractivity contribution in [3.63, 3.8) is 0 Å². The van der Waals surface area contributed by atoms with Crippen molar-refractivity contribution in [2.24, 2.45) is 0 Å². The van der Waals surface area contributed by atoms with Crippen molar-refractivity contribution < 1.29 is 20.9 Å². The maximum absolute atomic E-state index is 11.3. The highest BCUT2D eigenvalue weighted by Gasteiger charge is 2.03. The summed E-state index contributed by atoms with van der Waals surface area (Å²) in [5.41, 5.74) is 0. The maximum atomic E-state index is 11.3. The normalized spacial score (nSPS) is 12.7. The van der Waals surface area contributed by atoms with E-state index in [9.17, 15) is 16.7 Å². The Morgan fingerprint density at radius 1 is 1.56 bits per heavy atom. The number of rotatable bonds is 3. The van der Waals surface area contributed by atoms with E-state index in [-0.39, 0.29) is 6.33 Å². The highest BCUT2D eigenvalue weighted by Crippen LogP contribution is 1.92. The Bertz CT molecular complexity index is 183. The van der Waals surface area contributed by atoms with E-state index >= 15 is 0 Å². The first-order chi connectivity index (χ1) is 4.06. The van der Waals surface area contributed by atoms with Gasteiger partial charge >= 0.3 is 10.5 Å². The average molecular weight is 158 g/mol. The molecule has 0 saturated carbocycles. The molecule has 0 spiro atoms. The third kappa shape index (κ3) is 7.51. The number of hydrogen-bond acceptors (Lipinski definition) is 3. The molecule has 0 heterocycles. The number of halogens is 2. The molecule has 0 bridgehead atoms. The van der Waals surface area contributed by atoms with Gasteiger partial charge in [0.15, 0.2) is 0 Å². The fraction of sp³-hybridized carbons (Fsp3) is 0.333. The van der Waals surface area contributed by atoms with Crippen molar-refractivity contribution in [3.8, 4) is 0 Å². The molecule has 0 aliphatic heterocycles. The summed E-state index contributed by atoms with van der Waals surface area (Å²) in [5, 5.41) is 0. The van der Waals surface area contributed by atoms with Crippen LogP contribution < -0.4 is 0 Å². The van der Waals surface area contributed by atoms with Crippen molar-refractivity contribution in [1.82, 2.24) is 0 Å². The van der Waals surface area contributed by atoms with Crippen LogP contribution in [0.25, 0.3) is 0 Å². The molecule has 0 unspecified atom stereocenters. The van der Waals surface area contributed by atoms with Gasteiger partial charge in [0.1, 0.15) is 0 Å². The highest BCUT2D eigenvalue weighted by atomic mass is 32.3. The van der Waals surface area contributed by atoms with Gasteiger partial charge in [-0.1, -0.05) is 3.89 Å². The van der Waals surface area contributed by atoms with Crippen LogP contribution in [0.3, 0.4) is 0 Å². The fourth-order valence-corrected chi connectivity index (χ4v) is 0.398. The molecule has 0 saturated heterocycles. The van der Waals surface area contributed by atoms with Gasteiger partial charge in [-0.05, 0) is 6.08 Å². The summed E-state index contributed by atoms with van der Waals surface area (Å²) in [6.07, 6.45) is 0.780. The fourth-order valence-electron chi connectivity index (χ4n) is 0.157. The summed E-state index contributed by atoms with van der Waals surface area (Å²) in [5.74, 6) is 0. The van der Waals surface area contributed by atoms with Crippen molar-refractivity contribution in [2.75, 3.05) is 6.61 Å². The molecule has 0 atom stereocenters. The van der Waals surface area contributed by atoms with E-state index in [1.54, 1.807) is 0 Å². The van der Waals surface area contributed by atoms with E-state index < -0.39 is 17.1 Å². The molecule has 0 aromatic carbocycles. The van der Waals surface area contributed by atoms with Crippen LogP contribution in [0.1, 0.15) is 0 Å². The monoisotopic (exact) mass is 158 g/mol. The molecular weight excluding hydrogens is 154 g/mol. The summed E-state index contributed by atoms with van der Waals surface area (Å²) in [6.45, 7) is -0.616. The lowest BCUT2D eigenvalue weighted by Gasteiger charge is -1.87. The molecule has 0 rings (SSSR count). The topological polar surface area (TPSA) is 43.4 Å². The smallest absolute Gasteiger partial charge is 0.240 e. The molecule has 0 aromatic heterocycles. The molecule has 0 fully saturated rings.